The van der Waals surface area contributed by atoms with Crippen LogP contribution in [0.3, 0.4) is 0 Å². The highest BCUT2D eigenvalue weighted by molar-refractivity contribution is 8.00. The topological polar surface area (TPSA) is 95.5 Å². The van der Waals surface area contributed by atoms with Gasteiger partial charge in [0.25, 0.3) is 5.91 Å². The number of carboxylic acids is 1. The van der Waals surface area contributed by atoms with Crippen LogP contribution in [0.25, 0.3) is 10.8 Å². The molecule has 0 aromatic heterocycles. The Morgan fingerprint density at radius 1 is 0.707 bits per heavy atom. The van der Waals surface area contributed by atoms with E-state index in [1.807, 2.05) is 42.5 Å². The number of carbonyl (C=O) groups excluding carboxylic acids is 2. The number of nitrogens with one attached hydrogen (secondary N) is 2. The number of rotatable bonds is 8. The zero-order valence-corrected chi connectivity index (χ0v) is 23.6. The maximum absolute atomic E-state index is 13.4. The Balaban J connectivity index is 1.36. The maximum atomic E-state index is 13.4. The van der Waals surface area contributed by atoms with Crippen molar-refractivity contribution in [2.45, 2.75) is 10.1 Å². The molecule has 1 atom stereocenters. The van der Waals surface area contributed by atoms with Crippen molar-refractivity contribution in [1.82, 2.24) is 0 Å². The lowest BCUT2D eigenvalue weighted by atomic mass is 9.98. The summed E-state index contributed by atoms with van der Waals surface area (Å²) in [5.41, 5.74) is 2.07. The minimum absolute atomic E-state index is 0.0595. The highest BCUT2D eigenvalue weighted by Gasteiger charge is 2.23. The maximum Gasteiger partial charge on any atom is 0.336 e. The zero-order chi connectivity index (χ0) is 28.9. The molecule has 41 heavy (non-hydrogen) atoms. The minimum Gasteiger partial charge on any atom is -0.478 e. The normalized spacial score (nSPS) is 11.6. The molecule has 0 heterocycles. The Morgan fingerprint density at radius 3 is 2.05 bits per heavy atom. The lowest BCUT2D eigenvalue weighted by Gasteiger charge is -2.18. The second kappa shape index (κ2) is 12.5. The molecule has 3 N–H and O–H groups in total. The van der Waals surface area contributed by atoms with Gasteiger partial charge in [-0.25, -0.2) is 4.79 Å². The molecule has 0 aliphatic heterocycles. The van der Waals surface area contributed by atoms with Crippen molar-refractivity contribution < 1.29 is 19.5 Å². The number of fused-ring (bicyclic) bond motifs is 1. The molecule has 6 nitrogen and oxygen atoms in total. The van der Waals surface area contributed by atoms with Crippen LogP contribution in [0.4, 0.5) is 11.4 Å². The predicted octanol–water partition coefficient (Wildman–Crippen LogP) is 8.57. The third kappa shape index (κ3) is 6.38. The number of hydrogen-bond acceptors (Lipinski definition) is 4. The summed E-state index contributed by atoms with van der Waals surface area (Å²) in [5, 5.41) is 16.4. The lowest BCUT2D eigenvalue weighted by Crippen LogP contribution is -2.19. The number of benzene rings is 5. The Morgan fingerprint density at radius 2 is 1.37 bits per heavy atom. The van der Waals surface area contributed by atoms with Gasteiger partial charge >= 0.3 is 5.97 Å². The number of hydrogen-bond donors (Lipinski definition) is 3. The van der Waals surface area contributed by atoms with E-state index in [0.29, 0.717) is 27.2 Å². The monoisotopic (exact) mass is 600 g/mol. The van der Waals surface area contributed by atoms with Gasteiger partial charge in [-0.15, -0.1) is 11.8 Å². The van der Waals surface area contributed by atoms with Crippen LogP contribution in [0.15, 0.2) is 114 Å². The van der Waals surface area contributed by atoms with Gasteiger partial charge < -0.3 is 15.7 Å². The first-order valence-electron chi connectivity index (χ1n) is 12.4. The lowest BCUT2D eigenvalue weighted by molar-refractivity contribution is -0.115. The van der Waals surface area contributed by atoms with Crippen LogP contribution in [-0.4, -0.2) is 22.9 Å². The van der Waals surface area contributed by atoms with Crippen LogP contribution in [0.1, 0.15) is 31.5 Å². The van der Waals surface area contributed by atoms with E-state index < -0.39 is 17.1 Å². The molecular weight excluding hydrogens is 579 g/mol. The number of aromatic carboxylic acids is 1. The summed E-state index contributed by atoms with van der Waals surface area (Å²) in [6.07, 6.45) is 0. The number of amides is 2. The molecule has 1 unspecified atom stereocenters. The third-order valence-electron chi connectivity index (χ3n) is 6.30. The number of carbonyl (C=O) groups is 3. The standard InChI is InChI=1S/C32H22Cl2N2O4S/c33-25-13-6-14-26(28(25)34)36-31(38)29(20-7-2-1-3-8-20)41-22-17-15-21(16-18-22)35-30(37)23-11-4-9-19-10-5-12-24(27(19)23)32(39)40/h1-18,29H,(H,35,37)(H,36,38)(H,39,40). The predicted molar refractivity (Wildman–Crippen MR) is 165 cm³/mol. The van der Waals surface area contributed by atoms with Gasteiger partial charge in [-0.3, -0.25) is 9.59 Å². The Bertz CT molecular complexity index is 1760. The molecule has 2 amide bonds. The van der Waals surface area contributed by atoms with Crippen LogP contribution in [-0.2, 0) is 4.79 Å². The summed E-state index contributed by atoms with van der Waals surface area (Å²) in [7, 11) is 0. The first-order valence-corrected chi connectivity index (χ1v) is 14.1. The van der Waals surface area contributed by atoms with Crippen molar-refractivity contribution in [3.8, 4) is 0 Å². The van der Waals surface area contributed by atoms with E-state index in [4.69, 9.17) is 23.2 Å². The van der Waals surface area contributed by atoms with E-state index in [2.05, 4.69) is 10.6 Å². The largest absolute Gasteiger partial charge is 0.478 e. The summed E-state index contributed by atoms with van der Waals surface area (Å²) in [6.45, 7) is 0. The first-order chi connectivity index (χ1) is 19.8. The number of anilines is 2. The quantitative estimate of drug-likeness (QED) is 0.155. The molecule has 0 saturated carbocycles. The molecule has 204 valence electrons. The molecule has 0 spiro atoms. The van der Waals surface area contributed by atoms with Crippen molar-refractivity contribution in [3.63, 3.8) is 0 Å². The van der Waals surface area contributed by atoms with Gasteiger partial charge in [-0.1, -0.05) is 83.9 Å². The fraction of sp³-hybridized carbons (Fsp3) is 0.0312. The molecule has 0 fully saturated rings. The second-order valence-electron chi connectivity index (χ2n) is 8.99. The Hall–Kier alpha value is -4.30. The van der Waals surface area contributed by atoms with Crippen LogP contribution >= 0.6 is 35.0 Å². The van der Waals surface area contributed by atoms with Gasteiger partial charge in [0, 0.05) is 21.5 Å². The molecule has 5 aromatic rings. The van der Waals surface area contributed by atoms with Crippen LogP contribution < -0.4 is 10.6 Å². The number of thioether (sulfide) groups is 1. The summed E-state index contributed by atoms with van der Waals surface area (Å²) in [4.78, 5) is 39.2. The fourth-order valence-corrected chi connectivity index (χ4v) is 5.73. The summed E-state index contributed by atoms with van der Waals surface area (Å²) in [6, 6.07) is 31.5. The van der Waals surface area contributed by atoms with Gasteiger partial charge in [-0.2, -0.15) is 0 Å². The molecule has 0 bridgehead atoms. The molecule has 0 radical (unpaired) electrons. The summed E-state index contributed by atoms with van der Waals surface area (Å²) >= 11 is 13.8. The molecule has 0 aliphatic rings. The fourth-order valence-electron chi connectivity index (χ4n) is 4.36. The number of halogens is 2. The van der Waals surface area contributed by atoms with Crippen molar-refractivity contribution in [2.75, 3.05) is 10.6 Å². The Kier molecular flexibility index (Phi) is 8.59. The molecule has 5 aromatic carbocycles. The van der Waals surface area contributed by atoms with Crippen molar-refractivity contribution in [1.29, 1.82) is 0 Å². The van der Waals surface area contributed by atoms with E-state index in [-0.39, 0.29) is 22.1 Å². The zero-order valence-electron chi connectivity index (χ0n) is 21.3. The van der Waals surface area contributed by atoms with Gasteiger partial charge in [0.05, 0.1) is 21.3 Å². The van der Waals surface area contributed by atoms with E-state index in [1.165, 1.54) is 17.8 Å². The van der Waals surface area contributed by atoms with Crippen LogP contribution in [0.5, 0.6) is 0 Å². The molecule has 5 rings (SSSR count). The van der Waals surface area contributed by atoms with E-state index in [1.54, 1.807) is 60.7 Å². The average molecular weight is 602 g/mol. The highest BCUT2D eigenvalue weighted by atomic mass is 35.5. The molecule has 0 saturated heterocycles. The third-order valence-corrected chi connectivity index (χ3v) is 8.38. The minimum atomic E-state index is -1.10. The van der Waals surface area contributed by atoms with E-state index in [0.717, 1.165) is 10.5 Å². The summed E-state index contributed by atoms with van der Waals surface area (Å²) in [5.74, 6) is -1.80. The van der Waals surface area contributed by atoms with Gasteiger partial charge in [0.15, 0.2) is 0 Å². The van der Waals surface area contributed by atoms with Gasteiger partial charge in [-0.05, 0) is 59.5 Å². The summed E-state index contributed by atoms with van der Waals surface area (Å²) < 4.78 is 0. The van der Waals surface area contributed by atoms with Crippen LogP contribution in [0.2, 0.25) is 10.0 Å². The van der Waals surface area contributed by atoms with Crippen molar-refractivity contribution in [2.24, 2.45) is 0 Å². The smallest absolute Gasteiger partial charge is 0.336 e. The second-order valence-corrected chi connectivity index (χ2v) is 11.0. The SMILES string of the molecule is O=C(O)c1cccc2cccc(C(=O)Nc3ccc(SC(C(=O)Nc4cccc(Cl)c4Cl)c4ccccc4)cc3)c12. The van der Waals surface area contributed by atoms with Gasteiger partial charge in [0.2, 0.25) is 5.91 Å². The van der Waals surface area contributed by atoms with E-state index >= 15 is 0 Å². The first kappa shape index (κ1) is 28.2. The molecule has 9 heteroatoms. The van der Waals surface area contributed by atoms with E-state index in [9.17, 15) is 19.5 Å². The van der Waals surface area contributed by atoms with Gasteiger partial charge in [0.1, 0.15) is 5.25 Å². The average Bonchev–Trinajstić information content (AvgIpc) is 2.98. The molecular formula is C32H22Cl2N2O4S. The Labute approximate surface area is 250 Å². The molecule has 0 aliphatic carbocycles. The van der Waals surface area contributed by atoms with Crippen LogP contribution in [0, 0.1) is 0 Å². The number of carboxylic acid groups (broad SMARTS) is 1. The van der Waals surface area contributed by atoms with Crippen molar-refractivity contribution in [3.05, 3.63) is 136 Å². The highest BCUT2D eigenvalue weighted by Crippen LogP contribution is 2.38. The van der Waals surface area contributed by atoms with Crippen molar-refractivity contribution >= 4 is 74.9 Å².